The minimum atomic E-state index is -0.817. The van der Waals surface area contributed by atoms with Crippen LogP contribution in [0, 0.1) is 0 Å². The van der Waals surface area contributed by atoms with Gasteiger partial charge in [-0.2, -0.15) is 0 Å². The molecule has 0 saturated heterocycles. The Labute approximate surface area is 380 Å². The van der Waals surface area contributed by atoms with Crippen LogP contribution in [0.2, 0.25) is 0 Å². The van der Waals surface area contributed by atoms with Gasteiger partial charge in [0, 0.05) is 19.3 Å². The highest BCUT2D eigenvalue weighted by atomic mass is 16.6. The first-order chi connectivity index (χ1) is 30.5. The number of hydrogen-bond donors (Lipinski definition) is 0. The lowest BCUT2D eigenvalue weighted by Gasteiger charge is -2.18. The summed E-state index contributed by atoms with van der Waals surface area (Å²) >= 11 is 0. The van der Waals surface area contributed by atoms with E-state index >= 15 is 0 Å². The second-order valence-electron chi connectivity index (χ2n) is 16.1. The monoisotopic (exact) mass is 859 g/mol. The maximum atomic E-state index is 12.8. The average Bonchev–Trinajstić information content (AvgIpc) is 3.27. The quantitative estimate of drug-likeness (QED) is 0.0200. The topological polar surface area (TPSA) is 78.9 Å². The molecule has 0 aliphatic heterocycles. The number of rotatable bonds is 43. The molecule has 0 aliphatic carbocycles. The van der Waals surface area contributed by atoms with Crippen molar-refractivity contribution in [2.24, 2.45) is 0 Å². The lowest BCUT2D eigenvalue weighted by atomic mass is 10.1. The molecule has 0 aromatic rings. The van der Waals surface area contributed by atoms with E-state index in [0.29, 0.717) is 19.3 Å². The Morgan fingerprint density at radius 3 is 1.10 bits per heavy atom. The number of unbranched alkanes of at least 4 members (excludes halogenated alkanes) is 20. The Hall–Kier alpha value is -3.93. The van der Waals surface area contributed by atoms with Crippen molar-refractivity contribution in [3.05, 3.63) is 109 Å². The molecule has 6 heteroatoms. The fraction of sp³-hybridized carbons (Fsp3) is 0.625. The van der Waals surface area contributed by atoms with E-state index in [9.17, 15) is 14.4 Å². The molecule has 350 valence electrons. The first-order valence-corrected chi connectivity index (χ1v) is 25.0. The summed E-state index contributed by atoms with van der Waals surface area (Å²) in [6, 6.07) is 0. The molecule has 0 amide bonds. The second kappa shape index (κ2) is 49.7. The van der Waals surface area contributed by atoms with Gasteiger partial charge in [-0.25, -0.2) is 0 Å². The summed E-state index contributed by atoms with van der Waals surface area (Å²) in [6.07, 6.45) is 66.5. The Kier molecular flexibility index (Phi) is 46.6. The number of allylic oxidation sites excluding steroid dienone is 18. The number of carbonyl (C=O) groups excluding carboxylic acids is 3. The van der Waals surface area contributed by atoms with Gasteiger partial charge in [0.05, 0.1) is 0 Å². The molecule has 0 N–H and O–H groups in total. The second-order valence-corrected chi connectivity index (χ2v) is 16.1. The van der Waals surface area contributed by atoms with Crippen LogP contribution in [-0.2, 0) is 28.6 Å². The first-order valence-electron chi connectivity index (χ1n) is 25.0. The molecule has 0 fully saturated rings. The zero-order valence-electron chi connectivity index (χ0n) is 39.8. The Morgan fingerprint density at radius 1 is 0.339 bits per heavy atom. The SMILES string of the molecule is CC/C=C/C=C/C=C/C=C/C=C/CCCC(=O)OCC(COC(=O)CCCCCCC/C=C/CCCCCCCCC)OC(=O)CCCCCCCCC/C=C/C=C/C=C/CC. The summed E-state index contributed by atoms with van der Waals surface area (Å²) in [4.78, 5) is 37.9. The molecule has 0 aliphatic rings. The van der Waals surface area contributed by atoms with E-state index in [1.165, 1.54) is 77.0 Å². The largest absolute Gasteiger partial charge is 0.462 e. The van der Waals surface area contributed by atoms with Crippen molar-refractivity contribution in [3.63, 3.8) is 0 Å². The highest BCUT2D eigenvalue weighted by Gasteiger charge is 2.19. The van der Waals surface area contributed by atoms with Gasteiger partial charge in [0.2, 0.25) is 0 Å². The highest BCUT2D eigenvalue weighted by Crippen LogP contribution is 2.13. The van der Waals surface area contributed by atoms with Gasteiger partial charge in [0.25, 0.3) is 0 Å². The normalized spacial score (nSPS) is 13.0. The predicted molar refractivity (Wildman–Crippen MR) is 265 cm³/mol. The van der Waals surface area contributed by atoms with Gasteiger partial charge in [-0.05, 0) is 77.0 Å². The van der Waals surface area contributed by atoms with Crippen LogP contribution in [0.15, 0.2) is 109 Å². The Bertz CT molecular complexity index is 1310. The number of ether oxygens (including phenoxy) is 3. The van der Waals surface area contributed by atoms with Crippen LogP contribution < -0.4 is 0 Å². The average molecular weight is 859 g/mol. The van der Waals surface area contributed by atoms with Gasteiger partial charge >= 0.3 is 17.9 Å². The molecule has 0 spiro atoms. The van der Waals surface area contributed by atoms with E-state index < -0.39 is 6.10 Å². The Morgan fingerprint density at radius 2 is 0.661 bits per heavy atom. The molecule has 0 aromatic heterocycles. The molecule has 6 nitrogen and oxygen atoms in total. The van der Waals surface area contributed by atoms with Gasteiger partial charge in [-0.1, -0.05) is 220 Å². The van der Waals surface area contributed by atoms with Crippen LogP contribution in [0.3, 0.4) is 0 Å². The number of hydrogen-bond acceptors (Lipinski definition) is 6. The van der Waals surface area contributed by atoms with Crippen LogP contribution in [0.1, 0.15) is 207 Å². The summed E-state index contributed by atoms with van der Waals surface area (Å²) in [6.45, 7) is 6.26. The number of esters is 3. The van der Waals surface area contributed by atoms with Crippen LogP contribution >= 0.6 is 0 Å². The minimum absolute atomic E-state index is 0.112. The van der Waals surface area contributed by atoms with Crippen molar-refractivity contribution in [1.82, 2.24) is 0 Å². The van der Waals surface area contributed by atoms with Gasteiger partial charge in [0.15, 0.2) is 6.10 Å². The third kappa shape index (κ3) is 47.1. The van der Waals surface area contributed by atoms with Crippen LogP contribution in [-0.4, -0.2) is 37.2 Å². The summed E-state index contributed by atoms with van der Waals surface area (Å²) in [7, 11) is 0. The van der Waals surface area contributed by atoms with E-state index in [1.54, 1.807) is 0 Å². The zero-order valence-corrected chi connectivity index (χ0v) is 39.8. The fourth-order valence-corrected chi connectivity index (χ4v) is 6.47. The van der Waals surface area contributed by atoms with Gasteiger partial charge in [0.1, 0.15) is 13.2 Å². The molecular weight excluding hydrogens is 769 g/mol. The molecule has 62 heavy (non-hydrogen) atoms. The van der Waals surface area contributed by atoms with E-state index in [1.807, 2.05) is 54.7 Å². The maximum absolute atomic E-state index is 12.8. The highest BCUT2D eigenvalue weighted by molar-refractivity contribution is 5.71. The van der Waals surface area contributed by atoms with Crippen LogP contribution in [0.4, 0.5) is 0 Å². The predicted octanol–water partition coefficient (Wildman–Crippen LogP) is 16.4. The van der Waals surface area contributed by atoms with E-state index in [4.69, 9.17) is 14.2 Å². The summed E-state index contributed by atoms with van der Waals surface area (Å²) in [5.41, 5.74) is 0. The van der Waals surface area contributed by atoms with Crippen molar-refractivity contribution >= 4 is 17.9 Å². The fourth-order valence-electron chi connectivity index (χ4n) is 6.47. The lowest BCUT2D eigenvalue weighted by molar-refractivity contribution is -0.167. The molecule has 1 unspecified atom stereocenters. The molecule has 0 heterocycles. The summed E-state index contributed by atoms with van der Waals surface area (Å²) in [5, 5.41) is 0. The van der Waals surface area contributed by atoms with Gasteiger partial charge in [-0.3, -0.25) is 14.4 Å². The van der Waals surface area contributed by atoms with E-state index in [0.717, 1.165) is 83.5 Å². The first kappa shape index (κ1) is 58.1. The van der Waals surface area contributed by atoms with Crippen molar-refractivity contribution in [3.8, 4) is 0 Å². The van der Waals surface area contributed by atoms with Crippen molar-refractivity contribution in [2.45, 2.75) is 213 Å². The summed E-state index contributed by atoms with van der Waals surface area (Å²) < 4.78 is 16.7. The number of carbonyl (C=O) groups is 3. The molecular formula is C56H90O6. The third-order valence-corrected chi connectivity index (χ3v) is 10.2. The maximum Gasteiger partial charge on any atom is 0.306 e. The molecule has 0 rings (SSSR count). The van der Waals surface area contributed by atoms with E-state index in [2.05, 4.69) is 75.5 Å². The van der Waals surface area contributed by atoms with Crippen molar-refractivity contribution in [2.75, 3.05) is 13.2 Å². The zero-order chi connectivity index (χ0) is 45.1. The smallest absolute Gasteiger partial charge is 0.306 e. The Balaban J connectivity index is 4.52. The standard InChI is InChI=1S/C56H90O6/c1-4-7-10-13-16-19-22-25-27-29-31-34-37-40-43-46-49-55(58)61-52-53(51-60-54(57)48-45-42-39-36-33-30-24-21-18-15-12-9-6-3)62-56(59)50-47-44-41-38-35-32-28-26-23-20-17-14-11-8-5-2/h8-9,11-12,14-15,17-18,20-21,23-24,27,29-30,33,36,39,53H,4-7,10,13,16,19,22,25-26,28,31-32,34-35,37-38,40-52H2,1-3H3/b11-8+,12-9+,17-14+,18-15+,23-20+,24-21+,29-27+,33-30+,39-36+. The summed E-state index contributed by atoms with van der Waals surface area (Å²) in [5.74, 6) is -1.02. The van der Waals surface area contributed by atoms with Crippen molar-refractivity contribution < 1.29 is 28.6 Å². The molecule has 0 saturated carbocycles. The minimum Gasteiger partial charge on any atom is -0.462 e. The van der Waals surface area contributed by atoms with Gasteiger partial charge in [-0.15, -0.1) is 0 Å². The lowest BCUT2D eigenvalue weighted by Crippen LogP contribution is -2.30. The molecule has 0 bridgehead atoms. The molecule has 0 radical (unpaired) electrons. The van der Waals surface area contributed by atoms with Crippen molar-refractivity contribution in [1.29, 1.82) is 0 Å². The van der Waals surface area contributed by atoms with E-state index in [-0.39, 0.29) is 37.5 Å². The van der Waals surface area contributed by atoms with Gasteiger partial charge < -0.3 is 14.2 Å². The third-order valence-electron chi connectivity index (χ3n) is 10.2. The molecule has 1 atom stereocenters. The van der Waals surface area contributed by atoms with Crippen LogP contribution in [0.5, 0.6) is 0 Å². The molecule has 0 aromatic carbocycles. The van der Waals surface area contributed by atoms with Crippen LogP contribution in [0.25, 0.3) is 0 Å².